The maximum atomic E-state index is 5.15. The largest absolute Gasteiger partial charge is 0.497 e. The van der Waals surface area contributed by atoms with Crippen molar-refractivity contribution >= 4 is 19.2 Å². The van der Waals surface area contributed by atoms with Crippen LogP contribution in [0.2, 0.25) is 0 Å². The van der Waals surface area contributed by atoms with Gasteiger partial charge >= 0.3 is 0 Å². The lowest BCUT2D eigenvalue weighted by atomic mass is 10.2. The highest BCUT2D eigenvalue weighted by atomic mass is 31.1. The summed E-state index contributed by atoms with van der Waals surface area (Å²) in [5.41, 5.74) is 1.36. The molecule has 0 saturated heterocycles. The first-order chi connectivity index (χ1) is 7.79. The molecule has 0 bridgehead atoms. The Labute approximate surface area is 98.2 Å². The summed E-state index contributed by atoms with van der Waals surface area (Å²) in [4.78, 5) is 0. The van der Waals surface area contributed by atoms with Crippen molar-refractivity contribution in [3.63, 3.8) is 0 Å². The lowest BCUT2D eigenvalue weighted by molar-refractivity contribution is 0.415. The molecule has 1 unspecified atom stereocenters. The normalized spacial score (nSPS) is 10.9. The molecule has 2 rings (SSSR count). The highest BCUT2D eigenvalue weighted by Gasteiger charge is 1.99. The molecule has 0 aromatic heterocycles. The Morgan fingerprint density at radius 3 is 2.25 bits per heavy atom. The van der Waals surface area contributed by atoms with Crippen LogP contribution in [0.3, 0.4) is 0 Å². The molecule has 2 aromatic carbocycles. The zero-order chi connectivity index (χ0) is 11.4. The third-order valence-corrected chi connectivity index (χ3v) is 3.97. The number of hydrogen-bond acceptors (Lipinski definition) is 1. The lowest BCUT2D eigenvalue weighted by Crippen LogP contribution is -2.05. The number of rotatable bonds is 3. The summed E-state index contributed by atoms with van der Waals surface area (Å²) < 4.78 is 5.15. The van der Waals surface area contributed by atoms with E-state index in [4.69, 9.17) is 4.74 Å². The Morgan fingerprint density at radius 2 is 1.62 bits per heavy atom. The molecule has 0 saturated carbocycles. The summed E-state index contributed by atoms with van der Waals surface area (Å²) >= 11 is 0. The van der Waals surface area contributed by atoms with Gasteiger partial charge in [-0.1, -0.05) is 45.0 Å². The molecule has 0 amide bonds. The third kappa shape index (κ3) is 2.62. The summed E-state index contributed by atoms with van der Waals surface area (Å²) in [6, 6.07) is 16.8. The van der Waals surface area contributed by atoms with Crippen molar-refractivity contribution in [2.75, 3.05) is 7.11 Å². The Hall–Kier alpha value is -1.33. The Balaban J connectivity index is 2.18. The molecule has 0 aliphatic carbocycles. The van der Waals surface area contributed by atoms with Crippen LogP contribution in [0.1, 0.15) is 5.56 Å². The summed E-state index contributed by atoms with van der Waals surface area (Å²) in [5, 5.41) is 2.75. The van der Waals surface area contributed by atoms with Gasteiger partial charge in [-0.3, -0.25) is 0 Å². The van der Waals surface area contributed by atoms with Gasteiger partial charge in [-0.25, -0.2) is 0 Å². The summed E-state index contributed by atoms with van der Waals surface area (Å²) in [6.45, 7) is 2.16. The van der Waals surface area contributed by atoms with Gasteiger partial charge in [0.05, 0.1) is 7.11 Å². The van der Waals surface area contributed by atoms with Gasteiger partial charge < -0.3 is 4.74 Å². The molecule has 0 heterocycles. The molecule has 1 atom stereocenters. The lowest BCUT2D eigenvalue weighted by Gasteiger charge is -2.06. The SMILES string of the molecule is COc1ccc(Pc2ccccc2C)cc1. The smallest absolute Gasteiger partial charge is 0.118 e. The third-order valence-electron chi connectivity index (χ3n) is 2.51. The molecular formula is C14H15OP. The number of aryl methyl sites for hydroxylation is 1. The first-order valence-electron chi connectivity index (χ1n) is 5.26. The van der Waals surface area contributed by atoms with E-state index in [0.717, 1.165) is 14.3 Å². The molecule has 1 nitrogen and oxygen atoms in total. The van der Waals surface area contributed by atoms with E-state index in [1.807, 2.05) is 12.1 Å². The fourth-order valence-corrected chi connectivity index (χ4v) is 2.65. The first-order valence-corrected chi connectivity index (χ1v) is 6.26. The van der Waals surface area contributed by atoms with Gasteiger partial charge in [0.25, 0.3) is 0 Å². The summed E-state index contributed by atoms with van der Waals surface area (Å²) in [5.74, 6) is 0.915. The minimum atomic E-state index is 0.718. The molecule has 82 valence electrons. The van der Waals surface area contributed by atoms with E-state index < -0.39 is 0 Å². The van der Waals surface area contributed by atoms with Crippen LogP contribution in [0, 0.1) is 6.92 Å². The monoisotopic (exact) mass is 230 g/mol. The van der Waals surface area contributed by atoms with Crippen LogP contribution >= 0.6 is 8.58 Å². The molecule has 0 N–H and O–H groups in total. The van der Waals surface area contributed by atoms with E-state index in [9.17, 15) is 0 Å². The zero-order valence-electron chi connectivity index (χ0n) is 9.53. The second-order valence-corrected chi connectivity index (χ2v) is 5.03. The second-order valence-electron chi connectivity index (χ2n) is 3.67. The standard InChI is InChI=1S/C14H15OP/c1-11-5-3-4-6-14(11)16-13-9-7-12(15-2)8-10-13/h3-10,16H,1-2H3. The first kappa shape index (κ1) is 11.2. The Morgan fingerprint density at radius 1 is 0.938 bits per heavy atom. The minimum absolute atomic E-state index is 0.718. The van der Waals surface area contributed by atoms with Crippen molar-refractivity contribution < 1.29 is 4.74 Å². The quantitative estimate of drug-likeness (QED) is 0.736. The fourth-order valence-electron chi connectivity index (χ4n) is 1.54. The Kier molecular flexibility index (Phi) is 3.58. The summed E-state index contributed by atoms with van der Waals surface area (Å²) in [7, 11) is 2.41. The molecule has 0 spiro atoms. The van der Waals surface area contributed by atoms with Crippen LogP contribution < -0.4 is 15.3 Å². The van der Waals surface area contributed by atoms with Gasteiger partial charge in [0.1, 0.15) is 5.75 Å². The predicted molar refractivity (Wildman–Crippen MR) is 71.8 cm³/mol. The van der Waals surface area contributed by atoms with E-state index in [0.29, 0.717) is 0 Å². The van der Waals surface area contributed by atoms with Gasteiger partial charge in [-0.05, 0) is 35.2 Å². The zero-order valence-corrected chi connectivity index (χ0v) is 10.5. The molecular weight excluding hydrogens is 215 g/mol. The van der Waals surface area contributed by atoms with Crippen molar-refractivity contribution in [2.24, 2.45) is 0 Å². The van der Waals surface area contributed by atoms with Crippen molar-refractivity contribution in [3.05, 3.63) is 54.1 Å². The highest BCUT2D eigenvalue weighted by Crippen LogP contribution is 2.15. The molecule has 0 fully saturated rings. The molecule has 2 heteroatoms. The number of hydrogen-bond donors (Lipinski definition) is 0. The van der Waals surface area contributed by atoms with Crippen LogP contribution in [0.25, 0.3) is 0 Å². The van der Waals surface area contributed by atoms with Gasteiger partial charge in [0.2, 0.25) is 0 Å². The van der Waals surface area contributed by atoms with Crippen LogP contribution in [0.15, 0.2) is 48.5 Å². The van der Waals surface area contributed by atoms with Crippen molar-refractivity contribution in [1.82, 2.24) is 0 Å². The molecule has 0 radical (unpaired) electrons. The predicted octanol–water partition coefficient (Wildman–Crippen LogP) is 2.63. The minimum Gasteiger partial charge on any atom is -0.497 e. The van der Waals surface area contributed by atoms with Crippen LogP contribution in [-0.4, -0.2) is 7.11 Å². The molecule has 0 aliphatic rings. The fraction of sp³-hybridized carbons (Fsp3) is 0.143. The highest BCUT2D eigenvalue weighted by molar-refractivity contribution is 7.55. The average Bonchev–Trinajstić information content (AvgIpc) is 2.33. The second kappa shape index (κ2) is 5.14. The number of methoxy groups -OCH3 is 1. The maximum absolute atomic E-state index is 5.15. The Bertz CT molecular complexity index is 462. The van der Waals surface area contributed by atoms with Crippen molar-refractivity contribution in [2.45, 2.75) is 6.92 Å². The average molecular weight is 230 g/mol. The van der Waals surface area contributed by atoms with E-state index >= 15 is 0 Å². The maximum Gasteiger partial charge on any atom is 0.118 e. The van der Waals surface area contributed by atoms with Crippen LogP contribution in [-0.2, 0) is 0 Å². The van der Waals surface area contributed by atoms with E-state index in [2.05, 4.69) is 43.3 Å². The topological polar surface area (TPSA) is 9.23 Å². The van der Waals surface area contributed by atoms with Crippen LogP contribution in [0.4, 0.5) is 0 Å². The van der Waals surface area contributed by atoms with Crippen molar-refractivity contribution in [1.29, 1.82) is 0 Å². The molecule has 0 aliphatic heterocycles. The number of benzene rings is 2. The summed E-state index contributed by atoms with van der Waals surface area (Å²) in [6.07, 6.45) is 0. The number of ether oxygens (including phenoxy) is 1. The van der Waals surface area contributed by atoms with E-state index in [1.54, 1.807) is 7.11 Å². The van der Waals surface area contributed by atoms with Crippen molar-refractivity contribution in [3.8, 4) is 5.75 Å². The van der Waals surface area contributed by atoms with E-state index in [1.165, 1.54) is 16.2 Å². The van der Waals surface area contributed by atoms with Gasteiger partial charge in [0, 0.05) is 0 Å². The van der Waals surface area contributed by atoms with Crippen LogP contribution in [0.5, 0.6) is 5.75 Å². The molecule has 16 heavy (non-hydrogen) atoms. The van der Waals surface area contributed by atoms with Gasteiger partial charge in [-0.2, -0.15) is 0 Å². The van der Waals surface area contributed by atoms with Gasteiger partial charge in [-0.15, -0.1) is 0 Å². The molecule has 2 aromatic rings. The van der Waals surface area contributed by atoms with E-state index in [-0.39, 0.29) is 0 Å². The van der Waals surface area contributed by atoms with Gasteiger partial charge in [0.15, 0.2) is 0 Å².